The Kier molecular flexibility index (Phi) is 7.48. The van der Waals surface area contributed by atoms with Gasteiger partial charge in [0.1, 0.15) is 16.3 Å². The van der Waals surface area contributed by atoms with Crippen LogP contribution in [-0.2, 0) is 4.79 Å². The highest BCUT2D eigenvalue weighted by Gasteiger charge is 2.21. The molecule has 1 amide bonds. The van der Waals surface area contributed by atoms with E-state index in [4.69, 9.17) is 14.5 Å². The Labute approximate surface area is 228 Å². The molecule has 5 aromatic rings. The van der Waals surface area contributed by atoms with Crippen molar-refractivity contribution in [3.63, 3.8) is 0 Å². The number of ether oxygens (including phenoxy) is 2. The summed E-state index contributed by atoms with van der Waals surface area (Å²) in [6, 6.07) is 24.4. The van der Waals surface area contributed by atoms with Gasteiger partial charge in [-0.3, -0.25) is 14.2 Å². The number of carbonyl (C=O) groups is 1. The van der Waals surface area contributed by atoms with Crippen LogP contribution in [-0.4, -0.2) is 35.4 Å². The van der Waals surface area contributed by atoms with Crippen molar-refractivity contribution in [3.05, 3.63) is 94.1 Å². The number of aromatic nitrogens is 2. The molecule has 0 unspecified atom stereocenters. The molecular formula is C29H25N3O4S2. The van der Waals surface area contributed by atoms with Crippen LogP contribution < -0.4 is 20.3 Å². The van der Waals surface area contributed by atoms with Gasteiger partial charge in [0, 0.05) is 16.5 Å². The second-order valence-corrected chi connectivity index (χ2v) is 10.5. The molecule has 192 valence electrons. The van der Waals surface area contributed by atoms with Gasteiger partial charge in [-0.2, -0.15) is 0 Å². The fraction of sp³-hybridized carbons (Fsp3) is 0.138. The lowest BCUT2D eigenvalue weighted by atomic mass is 10.0. The van der Waals surface area contributed by atoms with Gasteiger partial charge >= 0.3 is 0 Å². The van der Waals surface area contributed by atoms with Crippen molar-refractivity contribution in [2.24, 2.45) is 0 Å². The monoisotopic (exact) mass is 543 g/mol. The first-order valence-electron chi connectivity index (χ1n) is 11.8. The minimum atomic E-state index is -0.250. The molecular weight excluding hydrogens is 518 g/mol. The van der Waals surface area contributed by atoms with E-state index < -0.39 is 0 Å². The van der Waals surface area contributed by atoms with Gasteiger partial charge < -0.3 is 14.8 Å². The molecule has 0 spiro atoms. The van der Waals surface area contributed by atoms with Crippen molar-refractivity contribution < 1.29 is 14.3 Å². The maximum Gasteiger partial charge on any atom is 0.268 e. The predicted molar refractivity (Wildman–Crippen MR) is 154 cm³/mol. The quantitative estimate of drug-likeness (QED) is 0.186. The van der Waals surface area contributed by atoms with E-state index in [2.05, 4.69) is 5.32 Å². The summed E-state index contributed by atoms with van der Waals surface area (Å²) in [5.41, 5.74) is 2.93. The Hall–Kier alpha value is -4.08. The number of carbonyl (C=O) groups excluding carboxylic acids is 1. The van der Waals surface area contributed by atoms with E-state index in [0.29, 0.717) is 38.2 Å². The molecule has 0 atom stereocenters. The van der Waals surface area contributed by atoms with Crippen molar-refractivity contribution in [1.82, 2.24) is 9.55 Å². The van der Waals surface area contributed by atoms with Crippen LogP contribution in [0.4, 0.5) is 5.69 Å². The zero-order valence-corrected chi connectivity index (χ0v) is 22.7. The number of thiophene rings is 1. The summed E-state index contributed by atoms with van der Waals surface area (Å²) >= 11 is 2.70. The number of nitrogens with one attached hydrogen (secondary N) is 1. The second-order valence-electron chi connectivity index (χ2n) is 8.35. The molecule has 0 aliphatic carbocycles. The standard InChI is InChI=1S/C29H25N3O4S2/c1-18-25(19-10-6-4-7-11-19)26-27(38-18)31-29(32(28(26)34)20-12-8-5-9-13-20)37-17-24(33)30-22-15-14-21(35-2)16-23(22)36-3/h4-16H,17H2,1-3H3,(H,30,33). The summed E-state index contributed by atoms with van der Waals surface area (Å²) in [5, 5.41) is 3.91. The molecule has 3 aromatic carbocycles. The number of amides is 1. The van der Waals surface area contributed by atoms with Crippen LogP contribution in [0.3, 0.4) is 0 Å². The molecule has 38 heavy (non-hydrogen) atoms. The van der Waals surface area contributed by atoms with E-state index in [1.165, 1.54) is 30.2 Å². The highest BCUT2D eigenvalue weighted by atomic mass is 32.2. The van der Waals surface area contributed by atoms with E-state index in [0.717, 1.165) is 16.0 Å². The van der Waals surface area contributed by atoms with Gasteiger partial charge in [-0.05, 0) is 36.8 Å². The molecule has 0 bridgehead atoms. The minimum Gasteiger partial charge on any atom is -0.497 e. The third-order valence-electron chi connectivity index (χ3n) is 5.96. The summed E-state index contributed by atoms with van der Waals surface area (Å²) in [7, 11) is 3.10. The largest absolute Gasteiger partial charge is 0.497 e. The maximum absolute atomic E-state index is 14.0. The molecule has 0 saturated carbocycles. The Bertz CT molecular complexity index is 1660. The number of anilines is 1. The van der Waals surface area contributed by atoms with Gasteiger partial charge in [0.05, 0.1) is 36.7 Å². The second kappa shape index (κ2) is 11.1. The molecule has 7 nitrogen and oxygen atoms in total. The van der Waals surface area contributed by atoms with E-state index in [1.807, 2.05) is 67.6 Å². The van der Waals surface area contributed by atoms with Crippen molar-refractivity contribution in [2.75, 3.05) is 25.3 Å². The van der Waals surface area contributed by atoms with Crippen molar-refractivity contribution in [2.45, 2.75) is 12.1 Å². The van der Waals surface area contributed by atoms with Gasteiger partial charge in [-0.15, -0.1) is 11.3 Å². The van der Waals surface area contributed by atoms with Gasteiger partial charge in [0.15, 0.2) is 5.16 Å². The number of rotatable bonds is 8. The first kappa shape index (κ1) is 25.6. The lowest BCUT2D eigenvalue weighted by Crippen LogP contribution is -2.22. The lowest BCUT2D eigenvalue weighted by Gasteiger charge is -2.14. The van der Waals surface area contributed by atoms with Crippen molar-refractivity contribution in [3.8, 4) is 28.3 Å². The number of nitrogens with zero attached hydrogens (tertiary/aromatic N) is 2. The van der Waals surface area contributed by atoms with Gasteiger partial charge in [0.25, 0.3) is 5.56 Å². The number of hydrogen-bond acceptors (Lipinski definition) is 7. The third-order valence-corrected chi connectivity index (χ3v) is 7.90. The molecule has 5 rings (SSSR count). The Balaban J connectivity index is 1.52. The molecule has 0 fully saturated rings. The number of thioether (sulfide) groups is 1. The van der Waals surface area contributed by atoms with Crippen molar-refractivity contribution >= 4 is 44.9 Å². The first-order chi connectivity index (χ1) is 18.5. The summed E-state index contributed by atoms with van der Waals surface area (Å²) in [4.78, 5) is 33.5. The molecule has 0 radical (unpaired) electrons. The van der Waals surface area contributed by atoms with Crippen LogP contribution in [0.1, 0.15) is 4.88 Å². The van der Waals surface area contributed by atoms with E-state index >= 15 is 0 Å². The third kappa shape index (κ3) is 5.03. The number of para-hydroxylation sites is 1. The van der Waals surface area contributed by atoms with Crippen LogP contribution in [0.2, 0.25) is 0 Å². The Morgan fingerprint density at radius 1 is 1.00 bits per heavy atom. The summed E-state index contributed by atoms with van der Waals surface area (Å²) < 4.78 is 12.2. The highest BCUT2D eigenvalue weighted by Crippen LogP contribution is 2.37. The van der Waals surface area contributed by atoms with Gasteiger partial charge in [0.2, 0.25) is 5.91 Å². The zero-order valence-electron chi connectivity index (χ0n) is 21.1. The molecule has 2 aromatic heterocycles. The van der Waals surface area contributed by atoms with Crippen LogP contribution in [0.15, 0.2) is 88.8 Å². The lowest BCUT2D eigenvalue weighted by molar-refractivity contribution is -0.113. The summed E-state index contributed by atoms with van der Waals surface area (Å²) in [6.07, 6.45) is 0. The molecule has 2 heterocycles. The Morgan fingerprint density at radius 2 is 1.71 bits per heavy atom. The highest BCUT2D eigenvalue weighted by molar-refractivity contribution is 7.99. The molecule has 0 aliphatic heterocycles. The Morgan fingerprint density at radius 3 is 2.39 bits per heavy atom. The van der Waals surface area contributed by atoms with E-state index in [9.17, 15) is 9.59 Å². The normalized spacial score (nSPS) is 10.9. The molecule has 0 saturated heterocycles. The number of hydrogen-bond donors (Lipinski definition) is 1. The van der Waals surface area contributed by atoms with E-state index in [1.54, 1.807) is 29.9 Å². The zero-order chi connectivity index (χ0) is 26.6. The van der Waals surface area contributed by atoms with Crippen LogP contribution in [0.5, 0.6) is 11.5 Å². The fourth-order valence-corrected chi connectivity index (χ4v) is 6.11. The van der Waals surface area contributed by atoms with Crippen LogP contribution in [0.25, 0.3) is 27.0 Å². The topological polar surface area (TPSA) is 82.5 Å². The fourth-order valence-electron chi connectivity index (χ4n) is 4.21. The SMILES string of the molecule is COc1ccc(NC(=O)CSc2nc3sc(C)c(-c4ccccc4)c3c(=O)n2-c2ccccc2)c(OC)c1. The van der Waals surface area contributed by atoms with Crippen LogP contribution >= 0.6 is 23.1 Å². The number of fused-ring (bicyclic) bond motifs is 1. The number of methoxy groups -OCH3 is 2. The van der Waals surface area contributed by atoms with Crippen LogP contribution in [0, 0.1) is 6.92 Å². The minimum absolute atomic E-state index is 0.0515. The average molecular weight is 544 g/mol. The van der Waals surface area contributed by atoms with E-state index in [-0.39, 0.29) is 17.2 Å². The van der Waals surface area contributed by atoms with Crippen molar-refractivity contribution in [1.29, 1.82) is 0 Å². The summed E-state index contributed by atoms with van der Waals surface area (Å²) in [5.74, 6) is 0.918. The molecule has 0 aliphatic rings. The average Bonchev–Trinajstić information content (AvgIpc) is 3.29. The predicted octanol–water partition coefficient (Wildman–Crippen LogP) is 6.17. The van der Waals surface area contributed by atoms with Gasteiger partial charge in [-0.1, -0.05) is 60.3 Å². The molecule has 9 heteroatoms. The van der Waals surface area contributed by atoms with Gasteiger partial charge in [-0.25, -0.2) is 4.98 Å². The molecule has 1 N–H and O–H groups in total. The smallest absolute Gasteiger partial charge is 0.268 e. The number of benzene rings is 3. The maximum atomic E-state index is 14.0. The first-order valence-corrected chi connectivity index (χ1v) is 13.6. The number of aryl methyl sites for hydroxylation is 1. The summed E-state index contributed by atoms with van der Waals surface area (Å²) in [6.45, 7) is 2.00.